The van der Waals surface area contributed by atoms with Gasteiger partial charge in [0, 0.05) is 25.2 Å². The Bertz CT molecular complexity index is 659. The fraction of sp³-hybridized carbons (Fsp3) is 0.235. The smallest absolute Gasteiger partial charge is 0.222 e. The van der Waals surface area contributed by atoms with E-state index in [1.165, 1.54) is 5.56 Å². The van der Waals surface area contributed by atoms with E-state index in [1.807, 2.05) is 31.2 Å². The Kier molecular flexibility index (Phi) is 6.10. The predicted molar refractivity (Wildman–Crippen MR) is 92.6 cm³/mol. The lowest BCUT2D eigenvalue weighted by Gasteiger charge is -2.09. The van der Waals surface area contributed by atoms with Crippen molar-refractivity contribution in [3.05, 3.63) is 63.6 Å². The number of carbonyl (C=O) groups is 1. The van der Waals surface area contributed by atoms with Crippen LogP contribution in [0.25, 0.3) is 0 Å². The lowest BCUT2D eigenvalue weighted by atomic mass is 10.1. The molecule has 0 heterocycles. The minimum Gasteiger partial charge on any atom is -0.384 e. The highest BCUT2D eigenvalue weighted by Gasteiger charge is 2.03. The van der Waals surface area contributed by atoms with Gasteiger partial charge in [0.1, 0.15) is 0 Å². The van der Waals surface area contributed by atoms with Gasteiger partial charge in [0.05, 0.1) is 10.0 Å². The van der Waals surface area contributed by atoms with Gasteiger partial charge in [0.2, 0.25) is 5.91 Å². The molecule has 0 fully saturated rings. The highest BCUT2D eigenvalue weighted by atomic mass is 35.5. The second-order valence-electron chi connectivity index (χ2n) is 5.07. The van der Waals surface area contributed by atoms with Crippen molar-refractivity contribution in [2.75, 3.05) is 11.9 Å². The van der Waals surface area contributed by atoms with Crippen molar-refractivity contribution >= 4 is 34.8 Å². The lowest BCUT2D eigenvalue weighted by molar-refractivity contribution is -0.121. The van der Waals surface area contributed by atoms with E-state index in [-0.39, 0.29) is 5.91 Å². The van der Waals surface area contributed by atoms with Crippen molar-refractivity contribution in [2.45, 2.75) is 19.9 Å². The van der Waals surface area contributed by atoms with Gasteiger partial charge in [0.15, 0.2) is 0 Å². The van der Waals surface area contributed by atoms with E-state index in [2.05, 4.69) is 16.7 Å². The summed E-state index contributed by atoms with van der Waals surface area (Å²) in [7, 11) is 0. The molecule has 0 aliphatic rings. The topological polar surface area (TPSA) is 41.1 Å². The average molecular weight is 337 g/mol. The predicted octanol–water partition coefficient (Wildman–Crippen LogP) is 4.42. The summed E-state index contributed by atoms with van der Waals surface area (Å²) >= 11 is 11.8. The normalized spacial score (nSPS) is 10.3. The molecule has 2 N–H and O–H groups in total. The van der Waals surface area contributed by atoms with Gasteiger partial charge >= 0.3 is 0 Å². The number of anilines is 1. The van der Waals surface area contributed by atoms with E-state index >= 15 is 0 Å². The first-order valence-electron chi connectivity index (χ1n) is 7.06. The third kappa shape index (κ3) is 5.24. The number of benzene rings is 2. The molecule has 0 bridgehead atoms. The zero-order valence-electron chi connectivity index (χ0n) is 12.3. The van der Waals surface area contributed by atoms with Gasteiger partial charge in [-0.15, -0.1) is 0 Å². The number of hydrogen-bond donors (Lipinski definition) is 2. The van der Waals surface area contributed by atoms with Gasteiger partial charge in [-0.1, -0.05) is 53.0 Å². The number of halogens is 2. The van der Waals surface area contributed by atoms with Gasteiger partial charge in [-0.3, -0.25) is 4.79 Å². The van der Waals surface area contributed by atoms with Crippen molar-refractivity contribution in [1.29, 1.82) is 0 Å². The van der Waals surface area contributed by atoms with Crippen LogP contribution < -0.4 is 10.6 Å². The summed E-state index contributed by atoms with van der Waals surface area (Å²) in [6.07, 6.45) is 0.395. The third-order valence-corrected chi connectivity index (χ3v) is 3.91. The van der Waals surface area contributed by atoms with E-state index in [9.17, 15) is 4.79 Å². The van der Waals surface area contributed by atoms with Crippen LogP contribution in [-0.2, 0) is 11.3 Å². The Balaban J connectivity index is 1.72. The van der Waals surface area contributed by atoms with Crippen molar-refractivity contribution in [3.8, 4) is 0 Å². The van der Waals surface area contributed by atoms with E-state index in [0.29, 0.717) is 29.6 Å². The van der Waals surface area contributed by atoms with Gasteiger partial charge < -0.3 is 10.6 Å². The van der Waals surface area contributed by atoms with E-state index < -0.39 is 0 Å². The van der Waals surface area contributed by atoms with Gasteiger partial charge in [-0.05, 0) is 30.7 Å². The molecule has 22 heavy (non-hydrogen) atoms. The van der Waals surface area contributed by atoms with Crippen LogP contribution in [0.4, 0.5) is 5.69 Å². The molecular weight excluding hydrogens is 319 g/mol. The molecule has 0 aliphatic carbocycles. The maximum Gasteiger partial charge on any atom is 0.222 e. The molecule has 0 spiro atoms. The SMILES string of the molecule is Cc1cccc(CNC(=O)CCNc2ccc(Cl)c(Cl)c2)c1. The van der Waals surface area contributed by atoms with Crippen LogP contribution in [0, 0.1) is 6.92 Å². The Morgan fingerprint density at radius 3 is 2.64 bits per heavy atom. The maximum absolute atomic E-state index is 11.8. The summed E-state index contributed by atoms with van der Waals surface area (Å²) in [5.41, 5.74) is 3.14. The molecule has 0 unspecified atom stereocenters. The molecule has 5 heteroatoms. The largest absolute Gasteiger partial charge is 0.384 e. The van der Waals surface area contributed by atoms with Crippen LogP contribution >= 0.6 is 23.2 Å². The minimum atomic E-state index is 0.00839. The third-order valence-electron chi connectivity index (χ3n) is 3.17. The number of nitrogens with one attached hydrogen (secondary N) is 2. The number of hydrogen-bond acceptors (Lipinski definition) is 2. The summed E-state index contributed by atoms with van der Waals surface area (Å²) in [6, 6.07) is 13.4. The molecule has 0 atom stereocenters. The molecule has 116 valence electrons. The maximum atomic E-state index is 11.8. The monoisotopic (exact) mass is 336 g/mol. The first-order chi connectivity index (χ1) is 10.5. The van der Waals surface area contributed by atoms with Crippen LogP contribution in [0.5, 0.6) is 0 Å². The standard InChI is InChI=1S/C17H18Cl2N2O/c1-12-3-2-4-13(9-12)11-21-17(22)7-8-20-14-5-6-15(18)16(19)10-14/h2-6,9-10,20H,7-8,11H2,1H3,(H,21,22). The molecule has 2 aromatic rings. The number of aryl methyl sites for hydroxylation is 1. The molecule has 0 aromatic heterocycles. The summed E-state index contributed by atoms with van der Waals surface area (Å²) in [5.74, 6) is 0.00839. The first-order valence-corrected chi connectivity index (χ1v) is 7.81. The Morgan fingerprint density at radius 2 is 1.91 bits per heavy atom. The average Bonchev–Trinajstić information content (AvgIpc) is 2.49. The zero-order chi connectivity index (χ0) is 15.9. The molecule has 0 saturated carbocycles. The summed E-state index contributed by atoms with van der Waals surface area (Å²) in [5, 5.41) is 7.07. The van der Waals surface area contributed by atoms with Crippen LogP contribution in [0.2, 0.25) is 10.0 Å². The van der Waals surface area contributed by atoms with Crippen LogP contribution in [0.3, 0.4) is 0 Å². The zero-order valence-corrected chi connectivity index (χ0v) is 13.8. The summed E-state index contributed by atoms with van der Waals surface area (Å²) in [4.78, 5) is 11.8. The summed E-state index contributed by atoms with van der Waals surface area (Å²) in [6.45, 7) is 3.12. The van der Waals surface area contributed by atoms with Crippen LogP contribution in [0.15, 0.2) is 42.5 Å². The minimum absolute atomic E-state index is 0.00839. The number of rotatable bonds is 6. The molecule has 0 saturated heterocycles. The van der Waals surface area contributed by atoms with Gasteiger partial charge in [0.25, 0.3) is 0 Å². The van der Waals surface area contributed by atoms with Crippen LogP contribution in [-0.4, -0.2) is 12.5 Å². The Labute approximate surface area is 140 Å². The molecule has 2 rings (SSSR count). The quantitative estimate of drug-likeness (QED) is 0.819. The van der Waals surface area contributed by atoms with Crippen molar-refractivity contribution in [1.82, 2.24) is 5.32 Å². The molecule has 1 amide bonds. The van der Waals surface area contributed by atoms with Crippen molar-refractivity contribution in [2.24, 2.45) is 0 Å². The molecule has 2 aromatic carbocycles. The van der Waals surface area contributed by atoms with E-state index in [0.717, 1.165) is 11.3 Å². The fourth-order valence-electron chi connectivity index (χ4n) is 2.04. The van der Waals surface area contributed by atoms with Crippen molar-refractivity contribution < 1.29 is 4.79 Å². The molecular formula is C17H18Cl2N2O. The highest BCUT2D eigenvalue weighted by Crippen LogP contribution is 2.24. The number of amides is 1. The molecule has 3 nitrogen and oxygen atoms in total. The second-order valence-corrected chi connectivity index (χ2v) is 5.89. The van der Waals surface area contributed by atoms with E-state index in [4.69, 9.17) is 23.2 Å². The van der Waals surface area contributed by atoms with Gasteiger partial charge in [-0.25, -0.2) is 0 Å². The fourth-order valence-corrected chi connectivity index (χ4v) is 2.34. The van der Waals surface area contributed by atoms with E-state index in [1.54, 1.807) is 12.1 Å². The lowest BCUT2D eigenvalue weighted by Crippen LogP contribution is -2.24. The Hall–Kier alpha value is -1.71. The first kappa shape index (κ1) is 16.7. The molecule has 0 radical (unpaired) electrons. The Morgan fingerprint density at radius 1 is 1.09 bits per heavy atom. The second kappa shape index (κ2) is 8.06. The van der Waals surface area contributed by atoms with Gasteiger partial charge in [-0.2, -0.15) is 0 Å². The number of carbonyl (C=O) groups excluding carboxylic acids is 1. The molecule has 0 aliphatic heterocycles. The summed E-state index contributed by atoms with van der Waals surface area (Å²) < 4.78 is 0. The highest BCUT2D eigenvalue weighted by molar-refractivity contribution is 6.42. The van der Waals surface area contributed by atoms with Crippen molar-refractivity contribution in [3.63, 3.8) is 0 Å². The van der Waals surface area contributed by atoms with Crippen LogP contribution in [0.1, 0.15) is 17.5 Å².